The van der Waals surface area contributed by atoms with Crippen LogP contribution in [0.3, 0.4) is 0 Å². The standard InChI is InChI=1S/C19H21ClN2/c1-2-12-21-13-14-22(18-6-4-3-5-7-18)15-19(21)16-8-10-17(20)11-9-16/h2-11,19H,1,12-15H2/t19-/m0/s1. The number of rotatable bonds is 4. The van der Waals surface area contributed by atoms with E-state index in [9.17, 15) is 0 Å². The number of halogens is 1. The topological polar surface area (TPSA) is 6.48 Å². The fourth-order valence-electron chi connectivity index (χ4n) is 3.08. The Labute approximate surface area is 137 Å². The molecule has 1 saturated heterocycles. The van der Waals surface area contributed by atoms with E-state index >= 15 is 0 Å². The van der Waals surface area contributed by atoms with Gasteiger partial charge in [-0.25, -0.2) is 0 Å². The SMILES string of the molecule is C=CCN1CCN(c2ccccc2)C[C@H]1c1ccc(Cl)cc1. The summed E-state index contributed by atoms with van der Waals surface area (Å²) in [5.41, 5.74) is 2.60. The molecule has 1 atom stereocenters. The summed E-state index contributed by atoms with van der Waals surface area (Å²) < 4.78 is 0. The van der Waals surface area contributed by atoms with Crippen LogP contribution in [-0.2, 0) is 0 Å². The van der Waals surface area contributed by atoms with Gasteiger partial charge in [0.2, 0.25) is 0 Å². The molecule has 0 aromatic heterocycles. The van der Waals surface area contributed by atoms with Crippen molar-refractivity contribution in [3.8, 4) is 0 Å². The van der Waals surface area contributed by atoms with Gasteiger partial charge in [0, 0.05) is 36.9 Å². The summed E-state index contributed by atoms with van der Waals surface area (Å²) >= 11 is 6.03. The second-order valence-corrected chi connectivity index (χ2v) is 6.07. The van der Waals surface area contributed by atoms with E-state index in [-0.39, 0.29) is 0 Å². The number of anilines is 1. The normalized spacial score (nSPS) is 19.1. The van der Waals surface area contributed by atoms with Crippen LogP contribution in [0.2, 0.25) is 5.02 Å². The van der Waals surface area contributed by atoms with Crippen molar-refractivity contribution < 1.29 is 0 Å². The summed E-state index contributed by atoms with van der Waals surface area (Å²) in [6.07, 6.45) is 1.99. The maximum Gasteiger partial charge on any atom is 0.0527 e. The van der Waals surface area contributed by atoms with Gasteiger partial charge in [-0.1, -0.05) is 48.0 Å². The van der Waals surface area contributed by atoms with E-state index in [4.69, 9.17) is 11.6 Å². The predicted molar refractivity (Wildman–Crippen MR) is 94.6 cm³/mol. The summed E-state index contributed by atoms with van der Waals surface area (Å²) in [6.45, 7) is 7.88. The number of nitrogens with zero attached hydrogens (tertiary/aromatic N) is 2. The predicted octanol–water partition coefficient (Wildman–Crippen LogP) is 4.39. The Morgan fingerprint density at radius 2 is 1.77 bits per heavy atom. The summed E-state index contributed by atoms with van der Waals surface area (Å²) in [5.74, 6) is 0. The Morgan fingerprint density at radius 1 is 1.05 bits per heavy atom. The van der Waals surface area contributed by atoms with Gasteiger partial charge in [0.1, 0.15) is 0 Å². The van der Waals surface area contributed by atoms with Gasteiger partial charge in [-0.3, -0.25) is 4.90 Å². The van der Waals surface area contributed by atoms with Gasteiger partial charge in [0.25, 0.3) is 0 Å². The zero-order chi connectivity index (χ0) is 15.4. The first-order valence-electron chi connectivity index (χ1n) is 7.68. The molecule has 0 spiro atoms. The summed E-state index contributed by atoms with van der Waals surface area (Å²) in [4.78, 5) is 4.94. The molecule has 0 amide bonds. The molecule has 1 fully saturated rings. The van der Waals surface area contributed by atoms with Gasteiger partial charge in [-0.2, -0.15) is 0 Å². The second kappa shape index (κ2) is 6.99. The first kappa shape index (κ1) is 15.1. The molecule has 2 aromatic rings. The monoisotopic (exact) mass is 312 g/mol. The Kier molecular flexibility index (Phi) is 4.81. The molecule has 1 aliphatic rings. The van der Waals surface area contributed by atoms with E-state index < -0.39 is 0 Å². The van der Waals surface area contributed by atoms with Crippen LogP contribution >= 0.6 is 11.6 Å². The Bertz CT molecular complexity index is 609. The average molecular weight is 313 g/mol. The van der Waals surface area contributed by atoms with Crippen LogP contribution in [0.5, 0.6) is 0 Å². The highest BCUT2D eigenvalue weighted by Gasteiger charge is 2.27. The first-order valence-corrected chi connectivity index (χ1v) is 8.06. The van der Waals surface area contributed by atoms with Crippen molar-refractivity contribution in [3.63, 3.8) is 0 Å². The summed E-state index contributed by atoms with van der Waals surface area (Å²) in [7, 11) is 0. The van der Waals surface area contributed by atoms with Crippen molar-refractivity contribution in [1.82, 2.24) is 4.90 Å². The maximum atomic E-state index is 6.03. The average Bonchev–Trinajstić information content (AvgIpc) is 2.57. The van der Waals surface area contributed by atoms with Gasteiger partial charge in [-0.05, 0) is 29.8 Å². The molecule has 3 rings (SSSR count). The Hall–Kier alpha value is -1.77. The molecule has 3 heteroatoms. The number of hydrogen-bond donors (Lipinski definition) is 0. The van der Waals surface area contributed by atoms with Gasteiger partial charge >= 0.3 is 0 Å². The Balaban J connectivity index is 1.84. The van der Waals surface area contributed by atoms with Crippen LogP contribution in [0.25, 0.3) is 0 Å². The van der Waals surface area contributed by atoms with E-state index in [1.54, 1.807) is 0 Å². The number of para-hydroxylation sites is 1. The lowest BCUT2D eigenvalue weighted by Crippen LogP contribution is -2.48. The van der Waals surface area contributed by atoms with Gasteiger partial charge in [-0.15, -0.1) is 6.58 Å². The molecule has 0 radical (unpaired) electrons. The molecule has 2 aromatic carbocycles. The van der Waals surface area contributed by atoms with E-state index in [0.717, 1.165) is 31.2 Å². The lowest BCUT2D eigenvalue weighted by molar-refractivity contribution is 0.197. The van der Waals surface area contributed by atoms with E-state index in [1.165, 1.54) is 11.3 Å². The number of hydrogen-bond acceptors (Lipinski definition) is 2. The molecular formula is C19H21ClN2. The van der Waals surface area contributed by atoms with E-state index in [0.29, 0.717) is 6.04 Å². The van der Waals surface area contributed by atoms with Crippen LogP contribution in [-0.4, -0.2) is 31.1 Å². The van der Waals surface area contributed by atoms with Gasteiger partial charge in [0.15, 0.2) is 0 Å². The van der Waals surface area contributed by atoms with Crippen LogP contribution < -0.4 is 4.90 Å². The molecule has 2 nitrogen and oxygen atoms in total. The summed E-state index contributed by atoms with van der Waals surface area (Å²) in [5, 5.41) is 0.787. The minimum Gasteiger partial charge on any atom is -0.368 e. The zero-order valence-corrected chi connectivity index (χ0v) is 13.4. The van der Waals surface area contributed by atoms with Crippen LogP contribution in [0.4, 0.5) is 5.69 Å². The fourth-order valence-corrected chi connectivity index (χ4v) is 3.21. The van der Waals surface area contributed by atoms with Crippen molar-refractivity contribution in [3.05, 3.63) is 77.8 Å². The molecule has 0 saturated carbocycles. The lowest BCUT2D eigenvalue weighted by Gasteiger charge is -2.42. The van der Waals surface area contributed by atoms with Gasteiger partial charge in [0.05, 0.1) is 6.04 Å². The molecule has 114 valence electrons. The number of benzene rings is 2. The highest BCUT2D eigenvalue weighted by molar-refractivity contribution is 6.30. The minimum atomic E-state index is 0.365. The molecule has 1 heterocycles. The first-order chi connectivity index (χ1) is 10.8. The molecule has 1 aliphatic heterocycles. The largest absolute Gasteiger partial charge is 0.368 e. The Morgan fingerprint density at radius 3 is 2.45 bits per heavy atom. The zero-order valence-electron chi connectivity index (χ0n) is 12.7. The van der Waals surface area contributed by atoms with Crippen molar-refractivity contribution in [2.45, 2.75) is 6.04 Å². The van der Waals surface area contributed by atoms with Crippen molar-refractivity contribution in [2.24, 2.45) is 0 Å². The van der Waals surface area contributed by atoms with Crippen molar-refractivity contribution in [1.29, 1.82) is 0 Å². The van der Waals surface area contributed by atoms with E-state index in [1.807, 2.05) is 18.2 Å². The maximum absolute atomic E-state index is 6.03. The number of piperazine rings is 1. The smallest absolute Gasteiger partial charge is 0.0527 e. The third kappa shape index (κ3) is 3.34. The van der Waals surface area contributed by atoms with Crippen LogP contribution in [0, 0.1) is 0 Å². The molecular weight excluding hydrogens is 292 g/mol. The van der Waals surface area contributed by atoms with Crippen LogP contribution in [0.1, 0.15) is 11.6 Å². The van der Waals surface area contributed by atoms with Gasteiger partial charge < -0.3 is 4.90 Å². The molecule has 22 heavy (non-hydrogen) atoms. The van der Waals surface area contributed by atoms with Crippen molar-refractivity contribution in [2.75, 3.05) is 31.1 Å². The van der Waals surface area contributed by atoms with Crippen molar-refractivity contribution >= 4 is 17.3 Å². The highest BCUT2D eigenvalue weighted by Crippen LogP contribution is 2.29. The lowest BCUT2D eigenvalue weighted by atomic mass is 10.0. The van der Waals surface area contributed by atoms with Crippen LogP contribution in [0.15, 0.2) is 67.3 Å². The minimum absolute atomic E-state index is 0.365. The quantitative estimate of drug-likeness (QED) is 0.773. The third-order valence-corrected chi connectivity index (χ3v) is 4.48. The molecule has 0 bridgehead atoms. The van der Waals surface area contributed by atoms with E-state index in [2.05, 4.69) is 58.8 Å². The highest BCUT2D eigenvalue weighted by atomic mass is 35.5. The molecule has 0 N–H and O–H groups in total. The molecule has 0 unspecified atom stereocenters. The summed E-state index contributed by atoms with van der Waals surface area (Å²) in [6, 6.07) is 19.2. The second-order valence-electron chi connectivity index (χ2n) is 5.63. The third-order valence-electron chi connectivity index (χ3n) is 4.23. The fraction of sp³-hybridized carbons (Fsp3) is 0.263. The molecule has 0 aliphatic carbocycles.